The summed E-state index contributed by atoms with van der Waals surface area (Å²) in [5.41, 5.74) is 2.68. The molecule has 0 unspecified atom stereocenters. The number of phenolic OH excluding ortho intramolecular Hbond substituents is 2. The number of nitrogens with one attached hydrogen (secondary N) is 4. The van der Waals surface area contributed by atoms with Gasteiger partial charge in [0.15, 0.2) is 0 Å². The molecule has 0 aliphatic rings. The van der Waals surface area contributed by atoms with E-state index in [1.165, 1.54) is 0 Å². The number of alkyl carbamates (subject to hydrolysis) is 4. The Morgan fingerprint density at radius 1 is 0.446 bits per heavy atom. The quantitative estimate of drug-likeness (QED) is 0.0282. The number of nitrogens with zero attached hydrogens (tertiary/aromatic N) is 2. The molecule has 4 rings (SSSR count). The molecule has 4 aromatic carbocycles. The minimum Gasteiger partial charge on any atom is -0.507 e. The van der Waals surface area contributed by atoms with E-state index in [1.807, 2.05) is 86.6 Å². The maximum Gasteiger partial charge on any atom is 0.414 e. The Morgan fingerprint density at radius 2 is 0.730 bits per heavy atom. The van der Waals surface area contributed by atoms with Crippen LogP contribution in [0.1, 0.15) is 135 Å². The van der Waals surface area contributed by atoms with Crippen LogP contribution < -0.4 is 30.7 Å². The molecule has 0 bridgehead atoms. The van der Waals surface area contributed by atoms with E-state index in [0.29, 0.717) is 47.5 Å². The molecule has 18 nitrogen and oxygen atoms in total. The van der Waals surface area contributed by atoms with Crippen LogP contribution in [0.3, 0.4) is 0 Å². The molecule has 0 aromatic heterocycles. The smallest absolute Gasteiger partial charge is 0.414 e. The van der Waals surface area contributed by atoms with Crippen molar-refractivity contribution in [3.8, 4) is 23.0 Å². The minimum absolute atomic E-state index is 0.00419. The second-order valence-corrected chi connectivity index (χ2v) is 21.4. The highest BCUT2D eigenvalue weighted by molar-refractivity contribution is 6.02. The zero-order valence-electron chi connectivity index (χ0n) is 45.5. The van der Waals surface area contributed by atoms with Crippen molar-refractivity contribution in [1.29, 1.82) is 0 Å². The van der Waals surface area contributed by atoms with E-state index in [0.717, 1.165) is 27.8 Å². The van der Waals surface area contributed by atoms with Crippen LogP contribution in [0.5, 0.6) is 23.0 Å². The topological polar surface area (TPSA) is 237 Å². The van der Waals surface area contributed by atoms with Crippen LogP contribution in [0.15, 0.2) is 82.8 Å². The van der Waals surface area contributed by atoms with Gasteiger partial charge in [-0.2, -0.15) is 0 Å². The second-order valence-electron chi connectivity index (χ2n) is 21.4. The lowest BCUT2D eigenvalue weighted by Crippen LogP contribution is -2.47. The lowest BCUT2D eigenvalue weighted by Gasteiger charge is -2.22. The molecule has 0 radical (unpaired) electrons. The SMILES string of the molecule is CCc1cccc(Cc2cccc(Cc3cccc(Cc4cccc(C)c4OCCN=C(NC(=O)OC(C)(C)C)NC(=O)OC(C)(C)C)c3O)c2OCCN=C(NC(=O)OC(C)(C)C)NC(=O)OC(C)(C)C)c1O. The van der Waals surface area contributed by atoms with Gasteiger partial charge in [-0.15, -0.1) is 0 Å². The molecule has 6 N–H and O–H groups in total. The highest BCUT2D eigenvalue weighted by Crippen LogP contribution is 2.36. The van der Waals surface area contributed by atoms with E-state index < -0.39 is 46.8 Å². The van der Waals surface area contributed by atoms with Gasteiger partial charge < -0.3 is 38.6 Å². The summed E-state index contributed by atoms with van der Waals surface area (Å²) in [7, 11) is 0. The number of carbonyl (C=O) groups excluding carboxylic acids is 4. The number of hydrogen-bond acceptors (Lipinski definition) is 14. The summed E-state index contributed by atoms with van der Waals surface area (Å²) in [5.74, 6) is 1.01. The average Bonchev–Trinajstić information content (AvgIpc) is 3.24. The van der Waals surface area contributed by atoms with Crippen molar-refractivity contribution in [3.63, 3.8) is 0 Å². The first kappa shape index (κ1) is 59.1. The summed E-state index contributed by atoms with van der Waals surface area (Å²) < 4.78 is 34.3. The van der Waals surface area contributed by atoms with E-state index in [-0.39, 0.29) is 56.1 Å². The van der Waals surface area contributed by atoms with Gasteiger partial charge in [0.25, 0.3) is 0 Å². The zero-order chi connectivity index (χ0) is 55.0. The highest BCUT2D eigenvalue weighted by Gasteiger charge is 2.24. The molecule has 0 saturated heterocycles. The Balaban J connectivity index is 1.62. The van der Waals surface area contributed by atoms with Crippen LogP contribution in [-0.4, -0.2) is 95.2 Å². The van der Waals surface area contributed by atoms with E-state index in [1.54, 1.807) is 83.1 Å². The van der Waals surface area contributed by atoms with Gasteiger partial charge in [-0.1, -0.05) is 79.7 Å². The van der Waals surface area contributed by atoms with Crippen LogP contribution in [0.25, 0.3) is 0 Å². The van der Waals surface area contributed by atoms with Gasteiger partial charge in [0.2, 0.25) is 11.9 Å². The monoisotopic (exact) mass is 1020 g/mol. The molecule has 0 saturated carbocycles. The first-order chi connectivity index (χ1) is 34.5. The van der Waals surface area contributed by atoms with E-state index >= 15 is 0 Å². The molecule has 0 spiro atoms. The Bertz CT molecular complexity index is 2590. The number of guanidine groups is 2. The molecule has 74 heavy (non-hydrogen) atoms. The van der Waals surface area contributed by atoms with Gasteiger partial charge >= 0.3 is 24.4 Å². The largest absolute Gasteiger partial charge is 0.507 e. The van der Waals surface area contributed by atoms with E-state index in [9.17, 15) is 29.4 Å². The molecule has 0 heterocycles. The third kappa shape index (κ3) is 20.5. The number of carbonyl (C=O) groups is 4. The molecule has 4 amide bonds. The number of aliphatic imine (C=N–C) groups is 2. The summed E-state index contributed by atoms with van der Waals surface area (Å²) in [5, 5.41) is 33.1. The first-order valence-corrected chi connectivity index (χ1v) is 24.6. The fraction of sp³-hybridized carbons (Fsp3) is 0.464. The van der Waals surface area contributed by atoms with E-state index in [4.69, 9.17) is 28.4 Å². The third-order valence-electron chi connectivity index (χ3n) is 10.1. The molecule has 0 aliphatic carbocycles. The highest BCUT2D eigenvalue weighted by atomic mass is 16.6. The molecule has 0 aliphatic heterocycles. The van der Waals surface area contributed by atoms with Crippen molar-refractivity contribution in [2.24, 2.45) is 9.98 Å². The third-order valence-corrected chi connectivity index (χ3v) is 10.1. The van der Waals surface area contributed by atoms with Crippen LogP contribution in [0.2, 0.25) is 0 Å². The summed E-state index contributed by atoms with van der Waals surface area (Å²) in [4.78, 5) is 59.5. The Kier molecular flexibility index (Phi) is 20.7. The number of para-hydroxylation sites is 4. The molecular weight excluding hydrogens is 949 g/mol. The molecule has 4 aromatic rings. The Hall–Kier alpha value is -7.50. The van der Waals surface area contributed by atoms with Gasteiger partial charge in [-0.25, -0.2) is 29.2 Å². The number of phenols is 2. The van der Waals surface area contributed by atoms with Crippen molar-refractivity contribution >= 4 is 36.3 Å². The number of ether oxygens (including phenoxy) is 6. The fourth-order valence-electron chi connectivity index (χ4n) is 7.21. The van der Waals surface area contributed by atoms with Crippen molar-refractivity contribution in [3.05, 3.63) is 117 Å². The van der Waals surface area contributed by atoms with Crippen LogP contribution in [-0.2, 0) is 44.6 Å². The molecule has 0 fully saturated rings. The Labute approximate surface area is 435 Å². The predicted octanol–water partition coefficient (Wildman–Crippen LogP) is 10.3. The number of benzene rings is 4. The number of hydrogen-bond donors (Lipinski definition) is 6. The lowest BCUT2D eigenvalue weighted by molar-refractivity contribution is 0.0521. The molecule has 0 atom stereocenters. The van der Waals surface area contributed by atoms with Crippen molar-refractivity contribution in [1.82, 2.24) is 21.3 Å². The summed E-state index contributed by atoms with van der Waals surface area (Å²) >= 11 is 0. The lowest BCUT2D eigenvalue weighted by atomic mass is 9.94. The van der Waals surface area contributed by atoms with Gasteiger partial charge in [0.1, 0.15) is 58.6 Å². The predicted molar refractivity (Wildman–Crippen MR) is 285 cm³/mol. The minimum atomic E-state index is -0.830. The first-order valence-electron chi connectivity index (χ1n) is 24.6. The van der Waals surface area contributed by atoms with Crippen LogP contribution in [0, 0.1) is 6.92 Å². The average molecular weight is 1030 g/mol. The number of rotatable bonds is 15. The standard InChI is InChI=1S/C56H76N6O12/c1-15-36-21-17-22-37(43(36)63)33-41-26-19-27-42(46(41)70-31-29-58-48(61-51(67)73-55(9,10)11)62-52(68)74-56(12,13)14)34-39-24-18-23-38(44(39)64)32-40-25-16-20-35(2)45(40)69-30-28-57-47(59-49(65)71-53(3,4)5)60-50(66)72-54(6,7)8/h16-27,63-64H,15,28-34H2,1-14H3,(H2,57,59,60,65,66)(H2,58,61,62,67,68). The van der Waals surface area contributed by atoms with Crippen molar-refractivity contribution < 1.29 is 57.8 Å². The van der Waals surface area contributed by atoms with Gasteiger partial charge in [0, 0.05) is 19.3 Å². The number of amides is 4. The Morgan fingerprint density at radius 3 is 1.07 bits per heavy atom. The molecule has 18 heteroatoms. The van der Waals surface area contributed by atoms with Gasteiger partial charge in [-0.3, -0.25) is 21.3 Å². The van der Waals surface area contributed by atoms with Gasteiger partial charge in [0.05, 0.1) is 13.1 Å². The maximum atomic E-state index is 12.8. The van der Waals surface area contributed by atoms with Crippen molar-refractivity contribution in [2.45, 2.75) is 145 Å². The van der Waals surface area contributed by atoms with E-state index in [2.05, 4.69) is 31.3 Å². The summed E-state index contributed by atoms with van der Waals surface area (Å²) in [6.45, 7) is 24.5. The zero-order valence-corrected chi connectivity index (χ0v) is 45.5. The second kappa shape index (κ2) is 25.9. The molecular formula is C56H76N6O12. The van der Waals surface area contributed by atoms with Crippen LogP contribution >= 0.6 is 0 Å². The number of aryl methyl sites for hydroxylation is 2. The van der Waals surface area contributed by atoms with Crippen molar-refractivity contribution in [2.75, 3.05) is 26.3 Å². The van der Waals surface area contributed by atoms with Gasteiger partial charge in [-0.05, 0) is 141 Å². The summed E-state index contributed by atoms with van der Waals surface area (Å²) in [6, 6.07) is 22.6. The summed E-state index contributed by atoms with van der Waals surface area (Å²) in [6.07, 6.45) is -1.76. The maximum absolute atomic E-state index is 12.8. The number of aromatic hydroxyl groups is 2. The van der Waals surface area contributed by atoms with Crippen LogP contribution in [0.4, 0.5) is 19.2 Å². The molecule has 402 valence electrons. The fourth-order valence-corrected chi connectivity index (χ4v) is 7.21. The normalized spacial score (nSPS) is 11.6.